The summed E-state index contributed by atoms with van der Waals surface area (Å²) in [7, 11) is 1.26. The van der Waals surface area contributed by atoms with E-state index in [1.165, 1.54) is 7.11 Å². The third kappa shape index (κ3) is 5.67. The summed E-state index contributed by atoms with van der Waals surface area (Å²) in [6.45, 7) is 5.24. The minimum atomic E-state index is -0.935. The van der Waals surface area contributed by atoms with Crippen LogP contribution >= 0.6 is 12.6 Å². The van der Waals surface area contributed by atoms with Gasteiger partial charge in [-0.1, -0.05) is 30.3 Å². The zero-order chi connectivity index (χ0) is 16.0. The molecule has 0 fully saturated rings. The summed E-state index contributed by atoms with van der Waals surface area (Å²) in [5, 5.41) is 1.97. The molecule has 1 rings (SSSR count). The van der Waals surface area contributed by atoms with Crippen molar-refractivity contribution in [1.82, 2.24) is 5.32 Å². The van der Waals surface area contributed by atoms with Crippen LogP contribution in [0.5, 0.6) is 0 Å². The van der Waals surface area contributed by atoms with Gasteiger partial charge in [0.2, 0.25) is 0 Å². The molecule has 0 aliphatic rings. The van der Waals surface area contributed by atoms with Gasteiger partial charge in [0.1, 0.15) is 11.6 Å². The number of benzene rings is 1. The second-order valence-electron chi connectivity index (χ2n) is 5.50. The van der Waals surface area contributed by atoms with Crippen LogP contribution in [0.15, 0.2) is 30.3 Å². The van der Waals surface area contributed by atoms with E-state index in [0.717, 1.165) is 5.56 Å². The van der Waals surface area contributed by atoms with Crippen LogP contribution < -0.4 is 5.32 Å². The highest BCUT2D eigenvalue weighted by Crippen LogP contribution is 2.24. The van der Waals surface area contributed by atoms with E-state index in [9.17, 15) is 9.59 Å². The zero-order valence-electron chi connectivity index (χ0n) is 12.6. The summed E-state index contributed by atoms with van der Waals surface area (Å²) in [5.41, 5.74) is 0.149. The first-order valence-corrected chi connectivity index (χ1v) is 7.06. The van der Waals surface area contributed by atoms with Gasteiger partial charge in [-0.15, -0.1) is 0 Å². The number of alkyl carbamates (subject to hydrolysis) is 1. The average Bonchev–Trinajstić information content (AvgIpc) is 2.42. The fraction of sp³-hybridized carbons (Fsp3) is 0.467. The van der Waals surface area contributed by atoms with Gasteiger partial charge >= 0.3 is 12.1 Å². The van der Waals surface area contributed by atoms with Gasteiger partial charge in [0.15, 0.2) is 0 Å². The monoisotopic (exact) mass is 311 g/mol. The van der Waals surface area contributed by atoms with Crippen molar-refractivity contribution in [1.29, 1.82) is 0 Å². The van der Waals surface area contributed by atoms with Crippen LogP contribution in [0.25, 0.3) is 0 Å². The van der Waals surface area contributed by atoms with Crippen LogP contribution in [0.1, 0.15) is 31.6 Å². The molecule has 0 heterocycles. The smallest absolute Gasteiger partial charge is 0.408 e. The topological polar surface area (TPSA) is 64.6 Å². The summed E-state index contributed by atoms with van der Waals surface area (Å²) in [6.07, 6.45) is -0.687. The van der Waals surface area contributed by atoms with Crippen molar-refractivity contribution in [2.75, 3.05) is 7.11 Å². The van der Waals surface area contributed by atoms with Gasteiger partial charge in [0.05, 0.1) is 12.4 Å². The first-order chi connectivity index (χ1) is 9.74. The van der Waals surface area contributed by atoms with Gasteiger partial charge in [-0.3, -0.25) is 0 Å². The largest absolute Gasteiger partial charge is 0.467 e. The van der Waals surface area contributed by atoms with Crippen molar-refractivity contribution in [3.8, 4) is 0 Å². The molecular formula is C15H21NO4S. The van der Waals surface area contributed by atoms with E-state index >= 15 is 0 Å². The lowest BCUT2D eigenvalue weighted by Gasteiger charge is -2.25. The predicted molar refractivity (Wildman–Crippen MR) is 83.3 cm³/mol. The lowest BCUT2D eigenvalue weighted by molar-refractivity contribution is -0.143. The Morgan fingerprint density at radius 1 is 1.19 bits per heavy atom. The average molecular weight is 311 g/mol. The normalized spacial score (nSPS) is 14.0. The van der Waals surface area contributed by atoms with Gasteiger partial charge in [0, 0.05) is 0 Å². The Morgan fingerprint density at radius 2 is 1.76 bits per heavy atom. The molecule has 5 nitrogen and oxygen atoms in total. The Kier molecular flexibility index (Phi) is 6.08. The van der Waals surface area contributed by atoms with Gasteiger partial charge in [-0.05, 0) is 26.3 Å². The van der Waals surface area contributed by atoms with E-state index in [4.69, 9.17) is 9.47 Å². The van der Waals surface area contributed by atoms with E-state index < -0.39 is 29.0 Å². The number of ether oxygens (including phenoxy) is 2. The molecule has 0 unspecified atom stereocenters. The molecule has 1 aromatic rings. The summed E-state index contributed by atoms with van der Waals surface area (Å²) in [6, 6.07) is 8.24. The highest BCUT2D eigenvalue weighted by atomic mass is 32.1. The SMILES string of the molecule is COC(=O)[C@@H](NC(=O)OC(C)(C)C)[C@H](S)c1ccccc1. The van der Waals surface area contributed by atoms with E-state index in [-0.39, 0.29) is 0 Å². The van der Waals surface area contributed by atoms with Crippen molar-refractivity contribution in [3.05, 3.63) is 35.9 Å². The summed E-state index contributed by atoms with van der Waals surface area (Å²) < 4.78 is 9.89. The van der Waals surface area contributed by atoms with Crippen molar-refractivity contribution in [2.45, 2.75) is 37.7 Å². The number of carbonyl (C=O) groups excluding carboxylic acids is 2. The summed E-state index contributed by atoms with van der Waals surface area (Å²) >= 11 is 4.42. The van der Waals surface area contributed by atoms with Crippen molar-refractivity contribution < 1.29 is 19.1 Å². The number of amides is 1. The van der Waals surface area contributed by atoms with E-state index in [1.54, 1.807) is 20.8 Å². The Bertz CT molecular complexity index is 484. The number of carbonyl (C=O) groups is 2. The maximum Gasteiger partial charge on any atom is 0.408 e. The summed E-state index contributed by atoms with van der Waals surface area (Å²) in [4.78, 5) is 23.7. The Balaban J connectivity index is 2.86. The molecule has 0 aromatic heterocycles. The van der Waals surface area contributed by atoms with Crippen molar-refractivity contribution in [2.24, 2.45) is 0 Å². The van der Waals surface area contributed by atoms with E-state index in [1.807, 2.05) is 30.3 Å². The molecule has 2 atom stereocenters. The van der Waals surface area contributed by atoms with Gasteiger partial charge in [-0.2, -0.15) is 12.6 Å². The quantitative estimate of drug-likeness (QED) is 0.663. The molecule has 0 radical (unpaired) electrons. The zero-order valence-corrected chi connectivity index (χ0v) is 13.5. The number of esters is 1. The molecule has 1 N–H and O–H groups in total. The number of rotatable bonds is 4. The molecule has 0 saturated carbocycles. The van der Waals surface area contributed by atoms with E-state index in [2.05, 4.69) is 17.9 Å². The molecule has 1 aromatic carbocycles. The van der Waals surface area contributed by atoms with Gasteiger partial charge in [-0.25, -0.2) is 9.59 Å². The Labute approximate surface area is 130 Å². The number of nitrogens with one attached hydrogen (secondary N) is 1. The van der Waals surface area contributed by atoms with E-state index in [0.29, 0.717) is 0 Å². The number of hydrogen-bond acceptors (Lipinski definition) is 5. The Hall–Kier alpha value is -1.69. The molecule has 0 spiro atoms. The molecule has 0 aliphatic heterocycles. The molecule has 1 amide bonds. The number of hydrogen-bond donors (Lipinski definition) is 2. The molecule has 116 valence electrons. The lowest BCUT2D eigenvalue weighted by atomic mass is 10.1. The molecule has 0 bridgehead atoms. The first kappa shape index (κ1) is 17.4. The van der Waals surface area contributed by atoms with Gasteiger partial charge in [0.25, 0.3) is 0 Å². The minimum Gasteiger partial charge on any atom is -0.467 e. The van der Waals surface area contributed by atoms with Crippen LogP contribution in [-0.2, 0) is 14.3 Å². The molecule has 6 heteroatoms. The van der Waals surface area contributed by atoms with Gasteiger partial charge < -0.3 is 14.8 Å². The fourth-order valence-electron chi connectivity index (χ4n) is 1.67. The third-order valence-corrected chi connectivity index (χ3v) is 3.18. The van der Waals surface area contributed by atoms with Crippen LogP contribution in [-0.4, -0.2) is 30.8 Å². The van der Waals surface area contributed by atoms with Crippen molar-refractivity contribution >= 4 is 24.7 Å². The van der Waals surface area contributed by atoms with Crippen LogP contribution in [0, 0.1) is 0 Å². The minimum absolute atomic E-state index is 0.536. The first-order valence-electron chi connectivity index (χ1n) is 6.55. The third-order valence-electron chi connectivity index (χ3n) is 2.58. The second kappa shape index (κ2) is 7.36. The molecule has 0 aliphatic carbocycles. The maximum absolute atomic E-state index is 11.9. The summed E-state index contributed by atoms with van der Waals surface area (Å²) in [5.74, 6) is -0.579. The predicted octanol–water partition coefficient (Wildman–Crippen LogP) is 2.72. The standard InChI is InChI=1S/C15H21NO4S/c1-15(2,3)20-14(18)16-11(13(17)19-4)12(21)10-8-6-5-7-9-10/h5-9,11-12,21H,1-4H3,(H,16,18)/t11-,12+/m0/s1. The number of thiol groups is 1. The van der Waals surface area contributed by atoms with Crippen LogP contribution in [0.2, 0.25) is 0 Å². The molecule has 21 heavy (non-hydrogen) atoms. The Morgan fingerprint density at radius 3 is 2.24 bits per heavy atom. The molecular weight excluding hydrogens is 290 g/mol. The maximum atomic E-state index is 11.9. The van der Waals surface area contributed by atoms with Crippen molar-refractivity contribution in [3.63, 3.8) is 0 Å². The highest BCUT2D eigenvalue weighted by Gasteiger charge is 2.31. The van der Waals surface area contributed by atoms with Crippen LogP contribution in [0.4, 0.5) is 4.79 Å². The second-order valence-corrected chi connectivity index (χ2v) is 6.06. The highest BCUT2D eigenvalue weighted by molar-refractivity contribution is 7.80. The fourth-order valence-corrected chi connectivity index (χ4v) is 2.04. The number of methoxy groups -OCH3 is 1. The van der Waals surface area contributed by atoms with Crippen LogP contribution in [0.3, 0.4) is 0 Å². The lowest BCUT2D eigenvalue weighted by Crippen LogP contribution is -2.46. The molecule has 0 saturated heterocycles.